The summed E-state index contributed by atoms with van der Waals surface area (Å²) in [4.78, 5) is 0. The van der Waals surface area contributed by atoms with Crippen molar-refractivity contribution in [3.63, 3.8) is 0 Å². The molecule has 1 heterocycles. The number of rotatable bonds is 3. The van der Waals surface area contributed by atoms with E-state index in [9.17, 15) is 0 Å². The maximum absolute atomic E-state index is 4.06. The van der Waals surface area contributed by atoms with Crippen LogP contribution in [0.15, 0.2) is 12.7 Å². The van der Waals surface area contributed by atoms with E-state index in [4.69, 9.17) is 0 Å². The molecule has 0 aromatic carbocycles. The standard InChI is InChI=1S/C20H37B/c1-2-13-18-14-11-7-8-12-17-21-20(18)19-15-9-5-3-4-6-10-16-19/h2,18-21H,1,3-17H2. The van der Waals surface area contributed by atoms with Gasteiger partial charge in [0.1, 0.15) is 7.28 Å². The first-order chi connectivity index (χ1) is 10.4. The van der Waals surface area contributed by atoms with Crippen molar-refractivity contribution in [3.05, 3.63) is 12.7 Å². The molecule has 1 saturated heterocycles. The summed E-state index contributed by atoms with van der Waals surface area (Å²) < 4.78 is 0. The highest BCUT2D eigenvalue weighted by molar-refractivity contribution is 6.37. The highest BCUT2D eigenvalue weighted by atomic mass is 14.3. The summed E-state index contributed by atoms with van der Waals surface area (Å²) in [7, 11) is 1.52. The SMILES string of the molecule is C=CCC1CCCCCCBC1C1CCCCCCCC1. The van der Waals surface area contributed by atoms with Gasteiger partial charge in [-0.3, -0.25) is 0 Å². The minimum Gasteiger partial charge on any atom is -0.103 e. The Morgan fingerprint density at radius 3 is 2.00 bits per heavy atom. The van der Waals surface area contributed by atoms with Gasteiger partial charge >= 0.3 is 0 Å². The Kier molecular flexibility index (Phi) is 8.60. The zero-order valence-electron chi connectivity index (χ0n) is 14.3. The van der Waals surface area contributed by atoms with Crippen molar-refractivity contribution in [1.82, 2.24) is 0 Å². The van der Waals surface area contributed by atoms with Gasteiger partial charge in [-0.1, -0.05) is 102 Å². The molecule has 2 atom stereocenters. The Balaban J connectivity index is 2.01. The molecule has 0 bridgehead atoms. The summed E-state index contributed by atoms with van der Waals surface area (Å²) in [5.74, 6) is 3.00. The van der Waals surface area contributed by atoms with Crippen LogP contribution in [0.3, 0.4) is 0 Å². The van der Waals surface area contributed by atoms with Crippen LogP contribution in [0, 0.1) is 11.8 Å². The van der Waals surface area contributed by atoms with Crippen molar-refractivity contribution >= 4 is 7.28 Å². The van der Waals surface area contributed by atoms with Gasteiger partial charge in [-0.05, 0) is 18.3 Å². The Hall–Kier alpha value is -0.195. The first-order valence-corrected chi connectivity index (χ1v) is 10.0. The lowest BCUT2D eigenvalue weighted by atomic mass is 9.50. The fourth-order valence-electron chi connectivity index (χ4n) is 4.99. The molecule has 0 radical (unpaired) electrons. The van der Waals surface area contributed by atoms with Crippen molar-refractivity contribution in [2.24, 2.45) is 11.8 Å². The van der Waals surface area contributed by atoms with Crippen LogP contribution in [-0.4, -0.2) is 7.28 Å². The van der Waals surface area contributed by atoms with Gasteiger partial charge in [0.15, 0.2) is 0 Å². The molecule has 0 spiro atoms. The highest BCUT2D eigenvalue weighted by Crippen LogP contribution is 2.41. The molecule has 2 rings (SSSR count). The van der Waals surface area contributed by atoms with E-state index >= 15 is 0 Å². The maximum Gasteiger partial charge on any atom is 0.124 e. The molecule has 2 aliphatic rings. The predicted octanol–water partition coefficient (Wildman–Crippen LogP) is 6.54. The number of hydrogen-bond acceptors (Lipinski definition) is 0. The van der Waals surface area contributed by atoms with Crippen LogP contribution >= 0.6 is 0 Å². The van der Waals surface area contributed by atoms with Gasteiger partial charge in [0.25, 0.3) is 0 Å². The van der Waals surface area contributed by atoms with Gasteiger partial charge in [-0.2, -0.15) is 0 Å². The maximum atomic E-state index is 4.06. The molecule has 21 heavy (non-hydrogen) atoms. The summed E-state index contributed by atoms with van der Waals surface area (Å²) in [6.45, 7) is 4.06. The Labute approximate surface area is 134 Å². The molecule has 2 fully saturated rings. The van der Waals surface area contributed by atoms with E-state index in [-0.39, 0.29) is 0 Å². The molecule has 0 aromatic rings. The highest BCUT2D eigenvalue weighted by Gasteiger charge is 2.29. The summed E-state index contributed by atoms with van der Waals surface area (Å²) >= 11 is 0. The lowest BCUT2D eigenvalue weighted by molar-refractivity contribution is 0.308. The smallest absolute Gasteiger partial charge is 0.103 e. The van der Waals surface area contributed by atoms with Gasteiger partial charge in [0.2, 0.25) is 0 Å². The Morgan fingerprint density at radius 2 is 1.33 bits per heavy atom. The molecule has 0 nitrogen and oxygen atoms in total. The molecule has 1 heteroatoms. The lowest BCUT2D eigenvalue weighted by Gasteiger charge is -2.33. The molecule has 2 unspecified atom stereocenters. The zero-order valence-corrected chi connectivity index (χ0v) is 14.3. The first-order valence-electron chi connectivity index (χ1n) is 10.0. The molecule has 0 N–H and O–H groups in total. The number of allylic oxidation sites excluding steroid dienone is 1. The molecular weight excluding hydrogens is 251 g/mol. The minimum atomic E-state index is 0.950. The predicted molar refractivity (Wildman–Crippen MR) is 97.5 cm³/mol. The van der Waals surface area contributed by atoms with Crippen molar-refractivity contribution in [2.45, 2.75) is 102 Å². The average Bonchev–Trinajstić information content (AvgIpc) is 2.69. The van der Waals surface area contributed by atoms with Crippen molar-refractivity contribution in [1.29, 1.82) is 0 Å². The molecule has 1 saturated carbocycles. The van der Waals surface area contributed by atoms with E-state index in [1.54, 1.807) is 0 Å². The van der Waals surface area contributed by atoms with Crippen LogP contribution in [0.25, 0.3) is 0 Å². The molecule has 0 aromatic heterocycles. The Bertz CT molecular complexity index is 263. The van der Waals surface area contributed by atoms with Crippen molar-refractivity contribution in [2.75, 3.05) is 0 Å². The fourth-order valence-corrected chi connectivity index (χ4v) is 4.99. The monoisotopic (exact) mass is 288 g/mol. The molecular formula is C20H37B. The third-order valence-electron chi connectivity index (χ3n) is 6.19. The van der Waals surface area contributed by atoms with Gasteiger partial charge < -0.3 is 0 Å². The third kappa shape index (κ3) is 6.21. The van der Waals surface area contributed by atoms with Crippen LogP contribution < -0.4 is 0 Å². The fraction of sp³-hybridized carbons (Fsp3) is 0.900. The number of hydrogen-bond donors (Lipinski definition) is 0. The van der Waals surface area contributed by atoms with E-state index < -0.39 is 0 Å². The second-order valence-corrected chi connectivity index (χ2v) is 7.75. The zero-order chi connectivity index (χ0) is 14.8. The van der Waals surface area contributed by atoms with E-state index in [0.29, 0.717) is 0 Å². The van der Waals surface area contributed by atoms with Gasteiger partial charge in [-0.15, -0.1) is 6.58 Å². The summed E-state index contributed by atoms with van der Waals surface area (Å²) in [6.07, 6.45) is 24.4. The van der Waals surface area contributed by atoms with E-state index in [1.807, 2.05) is 0 Å². The second kappa shape index (κ2) is 10.5. The summed E-state index contributed by atoms with van der Waals surface area (Å²) in [5, 5.41) is 0. The van der Waals surface area contributed by atoms with Gasteiger partial charge in [-0.25, -0.2) is 0 Å². The Morgan fingerprint density at radius 1 is 0.762 bits per heavy atom. The summed E-state index contributed by atoms with van der Waals surface area (Å²) in [6, 6.07) is 0. The first kappa shape index (κ1) is 17.2. The lowest BCUT2D eigenvalue weighted by Crippen LogP contribution is -2.23. The van der Waals surface area contributed by atoms with Crippen molar-refractivity contribution in [3.8, 4) is 0 Å². The van der Waals surface area contributed by atoms with Crippen LogP contribution in [0.2, 0.25) is 12.1 Å². The normalized spacial score (nSPS) is 30.7. The largest absolute Gasteiger partial charge is 0.124 e. The second-order valence-electron chi connectivity index (χ2n) is 7.75. The van der Waals surface area contributed by atoms with E-state index in [0.717, 1.165) is 17.7 Å². The topological polar surface area (TPSA) is 0 Å². The summed E-state index contributed by atoms with van der Waals surface area (Å²) in [5.41, 5.74) is 0. The van der Waals surface area contributed by atoms with Crippen molar-refractivity contribution < 1.29 is 0 Å². The van der Waals surface area contributed by atoms with E-state index in [1.165, 1.54) is 103 Å². The minimum absolute atomic E-state index is 0.950. The van der Waals surface area contributed by atoms with Crippen LogP contribution in [0.5, 0.6) is 0 Å². The van der Waals surface area contributed by atoms with E-state index in [2.05, 4.69) is 12.7 Å². The van der Waals surface area contributed by atoms with Gasteiger partial charge in [0, 0.05) is 0 Å². The molecule has 120 valence electrons. The molecule has 1 aliphatic heterocycles. The van der Waals surface area contributed by atoms with Gasteiger partial charge in [0.05, 0.1) is 0 Å². The average molecular weight is 288 g/mol. The third-order valence-corrected chi connectivity index (χ3v) is 6.19. The van der Waals surface area contributed by atoms with Crippen LogP contribution in [0.1, 0.15) is 89.9 Å². The van der Waals surface area contributed by atoms with Crippen LogP contribution in [0.4, 0.5) is 0 Å². The molecule has 1 aliphatic carbocycles. The molecule has 0 amide bonds. The van der Waals surface area contributed by atoms with Crippen LogP contribution in [-0.2, 0) is 0 Å². The quantitative estimate of drug-likeness (QED) is 0.408.